The lowest BCUT2D eigenvalue weighted by atomic mass is 10.0. The number of benzene rings is 2. The molecule has 0 atom stereocenters. The smallest absolute Gasteiger partial charge is 0.0491 e. The molecule has 0 saturated carbocycles. The van der Waals surface area contributed by atoms with Crippen molar-refractivity contribution in [2.45, 2.75) is 39.2 Å². The largest absolute Gasteiger partial charge is 0.340 e. The lowest BCUT2D eigenvalue weighted by Gasteiger charge is -2.08. The van der Waals surface area contributed by atoms with Gasteiger partial charge in [-0.05, 0) is 47.2 Å². The van der Waals surface area contributed by atoms with Crippen LogP contribution in [0.4, 0.5) is 0 Å². The van der Waals surface area contributed by atoms with Gasteiger partial charge in [-0.1, -0.05) is 63.1 Å². The molecule has 0 radical (unpaired) electrons. The molecule has 0 spiro atoms. The third-order valence-electron chi connectivity index (χ3n) is 5.17. The SMILES string of the molecule is C=C(c1ccc2c(c1)c1ccccc1n2CCCCCC)c1cccs1. The van der Waals surface area contributed by atoms with E-state index < -0.39 is 0 Å². The number of unbranched alkanes of at least 4 members (excludes halogenated alkanes) is 3. The van der Waals surface area contributed by atoms with E-state index in [0.29, 0.717) is 0 Å². The average Bonchev–Trinajstić information content (AvgIpc) is 3.31. The summed E-state index contributed by atoms with van der Waals surface area (Å²) in [5.74, 6) is 0. The number of fused-ring (bicyclic) bond motifs is 3. The highest BCUT2D eigenvalue weighted by molar-refractivity contribution is 7.11. The van der Waals surface area contributed by atoms with E-state index in [-0.39, 0.29) is 0 Å². The minimum atomic E-state index is 1.09. The van der Waals surface area contributed by atoms with E-state index in [2.05, 4.69) is 78.0 Å². The topological polar surface area (TPSA) is 4.93 Å². The highest BCUT2D eigenvalue weighted by atomic mass is 32.1. The van der Waals surface area contributed by atoms with Gasteiger partial charge in [-0.3, -0.25) is 0 Å². The fourth-order valence-corrected chi connectivity index (χ4v) is 4.49. The average molecular weight is 360 g/mol. The van der Waals surface area contributed by atoms with Gasteiger partial charge < -0.3 is 4.57 Å². The molecular formula is C24H25NS. The van der Waals surface area contributed by atoms with Crippen LogP contribution in [0.15, 0.2) is 66.6 Å². The Morgan fingerprint density at radius 3 is 2.58 bits per heavy atom. The summed E-state index contributed by atoms with van der Waals surface area (Å²) in [5.41, 5.74) is 5.01. The molecule has 0 bridgehead atoms. The fraction of sp³-hybridized carbons (Fsp3) is 0.250. The van der Waals surface area contributed by atoms with Gasteiger partial charge in [-0.2, -0.15) is 0 Å². The molecule has 0 saturated heterocycles. The van der Waals surface area contributed by atoms with Gasteiger partial charge >= 0.3 is 0 Å². The number of hydrogen-bond donors (Lipinski definition) is 0. The summed E-state index contributed by atoms with van der Waals surface area (Å²) < 4.78 is 2.50. The van der Waals surface area contributed by atoms with Crippen LogP contribution in [0.25, 0.3) is 27.4 Å². The maximum atomic E-state index is 4.33. The van der Waals surface area contributed by atoms with E-state index >= 15 is 0 Å². The van der Waals surface area contributed by atoms with Crippen molar-refractivity contribution in [1.29, 1.82) is 0 Å². The number of thiophene rings is 1. The highest BCUT2D eigenvalue weighted by Gasteiger charge is 2.12. The maximum absolute atomic E-state index is 4.33. The molecule has 26 heavy (non-hydrogen) atoms. The van der Waals surface area contributed by atoms with Crippen LogP contribution in [0.5, 0.6) is 0 Å². The van der Waals surface area contributed by atoms with E-state index in [1.54, 1.807) is 11.3 Å². The maximum Gasteiger partial charge on any atom is 0.0491 e. The number of aryl methyl sites for hydroxylation is 1. The first-order valence-corrected chi connectivity index (χ1v) is 10.4. The molecule has 0 N–H and O–H groups in total. The molecule has 2 heteroatoms. The summed E-state index contributed by atoms with van der Waals surface area (Å²) >= 11 is 1.75. The van der Waals surface area contributed by atoms with E-state index in [9.17, 15) is 0 Å². The Morgan fingerprint density at radius 2 is 1.77 bits per heavy atom. The van der Waals surface area contributed by atoms with Crippen LogP contribution in [0, 0.1) is 0 Å². The van der Waals surface area contributed by atoms with Crippen LogP contribution >= 0.6 is 11.3 Å². The van der Waals surface area contributed by atoms with Gasteiger partial charge in [0.2, 0.25) is 0 Å². The summed E-state index contributed by atoms with van der Waals surface area (Å²) in [6.45, 7) is 7.69. The fourth-order valence-electron chi connectivity index (χ4n) is 3.77. The quantitative estimate of drug-likeness (QED) is 0.301. The second-order valence-corrected chi connectivity index (χ2v) is 7.86. The Labute approximate surface area is 159 Å². The molecule has 4 rings (SSSR count). The summed E-state index contributed by atoms with van der Waals surface area (Å²) in [7, 11) is 0. The van der Waals surface area contributed by atoms with Crippen molar-refractivity contribution >= 4 is 38.7 Å². The predicted molar refractivity (Wildman–Crippen MR) is 116 cm³/mol. The van der Waals surface area contributed by atoms with E-state index in [1.165, 1.54) is 57.9 Å². The third kappa shape index (κ3) is 3.10. The zero-order chi connectivity index (χ0) is 17.9. The zero-order valence-electron chi connectivity index (χ0n) is 15.4. The molecule has 0 fully saturated rings. The van der Waals surface area contributed by atoms with E-state index in [4.69, 9.17) is 0 Å². The third-order valence-corrected chi connectivity index (χ3v) is 6.10. The molecule has 0 aliphatic heterocycles. The molecule has 0 aliphatic rings. The lowest BCUT2D eigenvalue weighted by molar-refractivity contribution is 0.602. The molecule has 0 unspecified atom stereocenters. The first kappa shape index (κ1) is 17.1. The second-order valence-electron chi connectivity index (χ2n) is 6.92. The summed E-state index contributed by atoms with van der Waals surface area (Å²) in [6.07, 6.45) is 5.15. The van der Waals surface area contributed by atoms with Gasteiger partial charge in [-0.15, -0.1) is 11.3 Å². The Hall–Kier alpha value is -2.32. The molecule has 0 aliphatic carbocycles. The normalized spacial score (nSPS) is 11.4. The number of nitrogens with zero attached hydrogens (tertiary/aromatic N) is 1. The van der Waals surface area contributed by atoms with Crippen LogP contribution in [0.1, 0.15) is 43.0 Å². The lowest BCUT2D eigenvalue weighted by Crippen LogP contribution is -1.97. The molecular weight excluding hydrogens is 334 g/mol. The van der Waals surface area contributed by atoms with Crippen molar-refractivity contribution in [2.24, 2.45) is 0 Å². The van der Waals surface area contributed by atoms with E-state index in [1.807, 2.05) is 0 Å². The Balaban J connectivity index is 1.78. The van der Waals surface area contributed by atoms with Crippen LogP contribution in [-0.2, 0) is 6.54 Å². The molecule has 2 aromatic carbocycles. The molecule has 2 aromatic heterocycles. The van der Waals surface area contributed by atoms with Crippen LogP contribution in [0.2, 0.25) is 0 Å². The minimum Gasteiger partial charge on any atom is -0.340 e. The van der Waals surface area contributed by atoms with Crippen molar-refractivity contribution in [3.05, 3.63) is 77.0 Å². The first-order chi connectivity index (χ1) is 12.8. The van der Waals surface area contributed by atoms with Gasteiger partial charge in [0.1, 0.15) is 0 Å². The Kier molecular flexibility index (Phi) is 4.94. The summed E-state index contributed by atoms with van der Waals surface area (Å²) in [4.78, 5) is 1.24. The monoisotopic (exact) mass is 359 g/mol. The molecule has 132 valence electrons. The standard InChI is InChI=1S/C24H25NS/c1-3-4-5-8-15-25-22-11-7-6-10-20(22)21-17-19(13-14-23(21)25)18(2)24-12-9-16-26-24/h6-7,9-14,16-17H,2-5,8,15H2,1H3. The highest BCUT2D eigenvalue weighted by Crippen LogP contribution is 2.33. The molecule has 0 amide bonds. The van der Waals surface area contributed by atoms with Gasteiger partial charge in [0.15, 0.2) is 0 Å². The number of rotatable bonds is 7. The predicted octanol–water partition coefficient (Wildman–Crippen LogP) is 7.50. The Bertz CT molecular complexity index is 1040. The van der Waals surface area contributed by atoms with Crippen LogP contribution in [-0.4, -0.2) is 4.57 Å². The number of aromatic nitrogens is 1. The Morgan fingerprint density at radius 1 is 0.923 bits per heavy atom. The van der Waals surface area contributed by atoms with Crippen molar-refractivity contribution < 1.29 is 0 Å². The van der Waals surface area contributed by atoms with Gasteiger partial charge in [0.25, 0.3) is 0 Å². The van der Waals surface area contributed by atoms with Gasteiger partial charge in [-0.25, -0.2) is 0 Å². The summed E-state index contributed by atoms with van der Waals surface area (Å²) in [5, 5.41) is 4.80. The molecule has 1 nitrogen and oxygen atoms in total. The summed E-state index contributed by atoms with van der Waals surface area (Å²) in [6, 6.07) is 19.9. The van der Waals surface area contributed by atoms with Gasteiger partial charge in [0, 0.05) is 33.2 Å². The second kappa shape index (κ2) is 7.51. The molecule has 4 aromatic rings. The number of para-hydroxylation sites is 1. The van der Waals surface area contributed by atoms with Crippen molar-refractivity contribution in [1.82, 2.24) is 4.57 Å². The number of hydrogen-bond acceptors (Lipinski definition) is 1. The minimum absolute atomic E-state index is 1.09. The van der Waals surface area contributed by atoms with Crippen LogP contribution < -0.4 is 0 Å². The van der Waals surface area contributed by atoms with Crippen molar-refractivity contribution in [3.8, 4) is 0 Å². The van der Waals surface area contributed by atoms with Crippen molar-refractivity contribution in [3.63, 3.8) is 0 Å². The van der Waals surface area contributed by atoms with Gasteiger partial charge in [0.05, 0.1) is 0 Å². The van der Waals surface area contributed by atoms with Crippen molar-refractivity contribution in [2.75, 3.05) is 0 Å². The zero-order valence-corrected chi connectivity index (χ0v) is 16.2. The van der Waals surface area contributed by atoms with Crippen LogP contribution in [0.3, 0.4) is 0 Å². The van der Waals surface area contributed by atoms with E-state index in [0.717, 1.165) is 12.1 Å². The first-order valence-electron chi connectivity index (χ1n) is 9.53. The molecule has 2 heterocycles.